The fourth-order valence-electron chi connectivity index (χ4n) is 2.58. The highest BCUT2D eigenvalue weighted by Crippen LogP contribution is 2.42. The molecule has 2 atom stereocenters. The van der Waals surface area contributed by atoms with E-state index in [0.717, 1.165) is 0 Å². The van der Waals surface area contributed by atoms with Gasteiger partial charge in [-0.25, -0.2) is 8.78 Å². The van der Waals surface area contributed by atoms with Crippen molar-refractivity contribution in [1.82, 2.24) is 0 Å². The van der Waals surface area contributed by atoms with Crippen LogP contribution >= 0.6 is 0 Å². The third kappa shape index (κ3) is 3.88. The van der Waals surface area contributed by atoms with Crippen LogP contribution in [0.3, 0.4) is 0 Å². The van der Waals surface area contributed by atoms with Crippen LogP contribution in [-0.4, -0.2) is 29.6 Å². The summed E-state index contributed by atoms with van der Waals surface area (Å²) >= 11 is 0. The zero-order valence-electron chi connectivity index (χ0n) is 11.2. The number of carbonyl (C=O) groups excluding carboxylic acids is 1. The molecular formula is C13H20F2O4. The number of hydrogen-bond donors (Lipinski definition) is 1. The zero-order valence-corrected chi connectivity index (χ0v) is 11.2. The molecule has 0 aromatic rings. The van der Waals surface area contributed by atoms with E-state index in [1.54, 1.807) is 6.92 Å². The lowest BCUT2D eigenvalue weighted by Crippen LogP contribution is -2.41. The Kier molecular flexibility index (Phi) is 4.87. The Morgan fingerprint density at radius 3 is 2.58 bits per heavy atom. The molecule has 6 heteroatoms. The molecule has 0 saturated heterocycles. The average Bonchev–Trinajstić information content (AvgIpc) is 2.27. The molecule has 1 aliphatic rings. The first-order valence-corrected chi connectivity index (χ1v) is 6.50. The Morgan fingerprint density at radius 2 is 2.11 bits per heavy atom. The molecule has 1 saturated carbocycles. The van der Waals surface area contributed by atoms with Gasteiger partial charge in [0.05, 0.1) is 6.61 Å². The van der Waals surface area contributed by atoms with Gasteiger partial charge in [0.1, 0.15) is 0 Å². The molecule has 0 spiro atoms. The van der Waals surface area contributed by atoms with Crippen LogP contribution in [0.5, 0.6) is 0 Å². The molecule has 110 valence electrons. The van der Waals surface area contributed by atoms with E-state index in [2.05, 4.69) is 0 Å². The average molecular weight is 278 g/mol. The number of halogens is 2. The minimum atomic E-state index is -2.75. The van der Waals surface area contributed by atoms with Gasteiger partial charge in [0.25, 0.3) is 0 Å². The first-order valence-electron chi connectivity index (χ1n) is 6.50. The molecule has 1 aliphatic carbocycles. The highest BCUT2D eigenvalue weighted by molar-refractivity contribution is 5.98. The maximum absolute atomic E-state index is 13.3. The summed E-state index contributed by atoms with van der Waals surface area (Å²) in [5.74, 6) is -5.39. The van der Waals surface area contributed by atoms with E-state index in [1.807, 2.05) is 0 Å². The Balaban J connectivity index is 2.78. The van der Waals surface area contributed by atoms with E-state index in [4.69, 9.17) is 4.74 Å². The molecule has 0 aromatic heterocycles. The van der Waals surface area contributed by atoms with Gasteiger partial charge in [-0.3, -0.25) is 9.59 Å². The van der Waals surface area contributed by atoms with Gasteiger partial charge in [-0.05, 0) is 39.0 Å². The van der Waals surface area contributed by atoms with E-state index in [0.29, 0.717) is 12.8 Å². The number of ether oxygens (including phenoxy) is 1. The molecule has 1 fully saturated rings. The van der Waals surface area contributed by atoms with Crippen LogP contribution in [0.4, 0.5) is 8.78 Å². The van der Waals surface area contributed by atoms with Crippen LogP contribution in [0.2, 0.25) is 0 Å². The minimum Gasteiger partial charge on any atom is -0.480 e. The number of carboxylic acid groups (broad SMARTS) is 1. The van der Waals surface area contributed by atoms with Crippen LogP contribution in [0.1, 0.15) is 46.0 Å². The fourth-order valence-corrected chi connectivity index (χ4v) is 2.58. The predicted octanol–water partition coefficient (Wildman–Crippen LogP) is 2.86. The summed E-state index contributed by atoms with van der Waals surface area (Å²) in [6, 6.07) is 0. The van der Waals surface area contributed by atoms with Gasteiger partial charge in [-0.1, -0.05) is 0 Å². The Hall–Kier alpha value is -1.20. The maximum Gasteiger partial charge on any atom is 0.323 e. The van der Waals surface area contributed by atoms with Crippen molar-refractivity contribution in [1.29, 1.82) is 0 Å². The molecule has 19 heavy (non-hydrogen) atoms. The molecule has 1 N–H and O–H groups in total. The summed E-state index contributed by atoms with van der Waals surface area (Å²) in [5, 5.41) is 9.20. The number of hydrogen-bond acceptors (Lipinski definition) is 3. The van der Waals surface area contributed by atoms with E-state index in [9.17, 15) is 23.5 Å². The van der Waals surface area contributed by atoms with Gasteiger partial charge in [0.2, 0.25) is 5.92 Å². The molecule has 0 amide bonds. The first-order chi connectivity index (χ1) is 8.71. The second kappa shape index (κ2) is 5.84. The Labute approximate surface area is 111 Å². The standard InChI is InChI=1S/C13H20F2O4/c1-3-19-11(18)12(2,10(16)17)7-9-5-4-6-13(14,15)8-9/h9H,3-8H2,1-2H3,(H,16,17). The van der Waals surface area contributed by atoms with Gasteiger partial charge in [0.15, 0.2) is 5.41 Å². The second-order valence-electron chi connectivity index (χ2n) is 5.38. The number of carbonyl (C=O) groups is 2. The second-order valence-corrected chi connectivity index (χ2v) is 5.38. The summed E-state index contributed by atoms with van der Waals surface area (Å²) in [7, 11) is 0. The van der Waals surface area contributed by atoms with Crippen molar-refractivity contribution in [3.8, 4) is 0 Å². The number of aliphatic carboxylic acids is 1. The number of rotatable bonds is 5. The van der Waals surface area contributed by atoms with E-state index < -0.39 is 29.2 Å². The quantitative estimate of drug-likeness (QED) is 0.620. The van der Waals surface area contributed by atoms with Crippen molar-refractivity contribution in [3.05, 3.63) is 0 Å². The van der Waals surface area contributed by atoms with Crippen molar-refractivity contribution >= 4 is 11.9 Å². The van der Waals surface area contributed by atoms with E-state index in [1.165, 1.54) is 6.92 Å². The number of alkyl halides is 2. The smallest absolute Gasteiger partial charge is 0.323 e. The van der Waals surface area contributed by atoms with Crippen molar-refractivity contribution in [2.75, 3.05) is 6.61 Å². The monoisotopic (exact) mass is 278 g/mol. The summed E-state index contributed by atoms with van der Waals surface area (Å²) in [6.45, 7) is 2.90. The minimum absolute atomic E-state index is 0.0720. The molecular weight excluding hydrogens is 258 g/mol. The largest absolute Gasteiger partial charge is 0.480 e. The fraction of sp³-hybridized carbons (Fsp3) is 0.846. The highest BCUT2D eigenvalue weighted by atomic mass is 19.3. The van der Waals surface area contributed by atoms with Crippen molar-refractivity contribution in [2.45, 2.75) is 51.9 Å². The van der Waals surface area contributed by atoms with Crippen LogP contribution in [0, 0.1) is 11.3 Å². The molecule has 0 aliphatic heterocycles. The summed E-state index contributed by atoms with van der Waals surface area (Å²) in [6.07, 6.45) is 0.271. The zero-order chi connectivity index (χ0) is 14.7. The molecule has 0 radical (unpaired) electrons. The summed E-state index contributed by atoms with van der Waals surface area (Å²) < 4.78 is 31.4. The number of esters is 1. The van der Waals surface area contributed by atoms with Gasteiger partial charge in [-0.2, -0.15) is 0 Å². The topological polar surface area (TPSA) is 63.6 Å². The lowest BCUT2D eigenvalue weighted by molar-refractivity contribution is -0.170. The molecule has 2 unspecified atom stereocenters. The Morgan fingerprint density at radius 1 is 1.47 bits per heavy atom. The van der Waals surface area contributed by atoms with Crippen LogP contribution in [0.15, 0.2) is 0 Å². The molecule has 0 heterocycles. The third-order valence-electron chi connectivity index (χ3n) is 3.64. The normalized spacial score (nSPS) is 25.4. The van der Waals surface area contributed by atoms with Crippen molar-refractivity contribution in [3.63, 3.8) is 0 Å². The van der Waals surface area contributed by atoms with Gasteiger partial charge >= 0.3 is 11.9 Å². The third-order valence-corrected chi connectivity index (χ3v) is 3.64. The molecule has 0 aromatic carbocycles. The Bertz CT molecular complexity index is 357. The summed E-state index contributed by atoms with van der Waals surface area (Å²) in [5.41, 5.74) is -1.74. The lowest BCUT2D eigenvalue weighted by Gasteiger charge is -2.33. The van der Waals surface area contributed by atoms with Crippen LogP contribution < -0.4 is 0 Å². The van der Waals surface area contributed by atoms with Gasteiger partial charge in [0, 0.05) is 12.8 Å². The van der Waals surface area contributed by atoms with Crippen LogP contribution in [-0.2, 0) is 14.3 Å². The van der Waals surface area contributed by atoms with Gasteiger partial charge < -0.3 is 9.84 Å². The van der Waals surface area contributed by atoms with E-state index >= 15 is 0 Å². The predicted molar refractivity (Wildman–Crippen MR) is 63.9 cm³/mol. The highest BCUT2D eigenvalue weighted by Gasteiger charge is 2.47. The van der Waals surface area contributed by atoms with Crippen molar-refractivity contribution < 1.29 is 28.2 Å². The maximum atomic E-state index is 13.3. The lowest BCUT2D eigenvalue weighted by atomic mass is 9.74. The van der Waals surface area contributed by atoms with Crippen molar-refractivity contribution in [2.24, 2.45) is 11.3 Å². The molecule has 0 bridgehead atoms. The van der Waals surface area contributed by atoms with E-state index in [-0.39, 0.29) is 25.9 Å². The number of carboxylic acids is 1. The first kappa shape index (κ1) is 15.9. The molecule has 4 nitrogen and oxygen atoms in total. The summed E-state index contributed by atoms with van der Waals surface area (Å²) in [4.78, 5) is 23.0. The van der Waals surface area contributed by atoms with Crippen LogP contribution in [0.25, 0.3) is 0 Å². The molecule has 1 rings (SSSR count). The van der Waals surface area contributed by atoms with Gasteiger partial charge in [-0.15, -0.1) is 0 Å². The SMILES string of the molecule is CCOC(=O)C(C)(CC1CCCC(F)(F)C1)C(=O)O.